The first-order chi connectivity index (χ1) is 69.0. The molecule has 3 heterocycles. The maximum Gasteiger partial charge on any atom is 0.403 e. The molecule has 2 aliphatic heterocycles. The summed E-state index contributed by atoms with van der Waals surface area (Å²) in [4.78, 5) is 235. The van der Waals surface area contributed by atoms with Crippen LogP contribution >= 0.6 is 30.3 Å². The molecule has 6 rings (SSSR count). The Hall–Kier alpha value is -11.7. The molecule has 0 spiro atoms. The normalized spacial score (nSPS) is 14.6. The molecule has 0 saturated carbocycles. The van der Waals surface area contributed by atoms with Gasteiger partial charge in [0.25, 0.3) is 0 Å². The van der Waals surface area contributed by atoms with Gasteiger partial charge in [0.15, 0.2) is 0 Å². The van der Waals surface area contributed by atoms with E-state index in [0.717, 1.165) is 32.4 Å². The molecule has 4 unspecified atom stereocenters. The minimum Gasteiger partial charge on any atom is -0.481 e. The standard InChI is InChI=1S/C93H137IN17O32P/c1-136-84(122)61-107-43-41-106(42-44-108(62-85(123)137-2)46-48-109(47-45-107)63-86(124)138-3)60-81(118)97-38-15-40-111-88-67-18-7-6-17-65(67)59-110(74-22-9-8-19-68(74)87(88)103-105-111)82(119)34-33-77(114)98-39-51-140-53-55-142-57-56-141-54-52-139-50-35-80(117)99-69(89(125)102-71(91(128)129)20-10-12-37-95-75(112)24-13-16-64-25-27-66(94)28-26-64)29-31-76(113)96-36-11-4-5-23-78(115)101-72(92(130)131)30-32-79(116)100-70(90(126)127)21-14-49-143-144(134,135)104-73(93(132)133)58-83(120)121/h6-9,17-19,22,25-28,69-73H,4-5,10-16,20-21,23-24,29-63H2,1-3H3,(H,95,112)(H,96,113)(H,97,118)(H,98,114)(H,99,117)(H,100,116)(H,101,115)(H,102,125)(H,120,121)(H,126,127)(H,128,129)(H,130,131)(H,132,133)(H2,104,134,135)/t69?,70-,71?,72-,73?/m0/s1. The number of fused-ring (bicyclic) bond motifs is 5. The molecule has 1 aromatic heterocycles. The van der Waals surface area contributed by atoms with Crippen LogP contribution in [0.5, 0.6) is 0 Å². The number of hydrogen-bond acceptors (Lipinski definition) is 32. The highest BCUT2D eigenvalue weighted by Gasteiger charge is 2.35. The number of halogens is 1. The zero-order chi connectivity index (χ0) is 105. The van der Waals surface area contributed by atoms with Gasteiger partial charge in [-0.15, -0.1) is 5.10 Å². The third-order valence-corrected chi connectivity index (χ3v) is 24.8. The first-order valence-electron chi connectivity index (χ1n) is 47.7. The Morgan fingerprint density at radius 3 is 1.44 bits per heavy atom. The lowest BCUT2D eigenvalue weighted by Crippen LogP contribution is -2.52. The van der Waals surface area contributed by atoms with Gasteiger partial charge in [-0.3, -0.25) is 91.2 Å². The number of anilines is 1. The highest BCUT2D eigenvalue weighted by atomic mass is 127. The molecule has 2 aliphatic rings. The number of carboxylic acid groups (broad SMARTS) is 5. The van der Waals surface area contributed by atoms with Gasteiger partial charge in [0.1, 0.15) is 35.9 Å². The van der Waals surface area contributed by atoms with E-state index >= 15 is 0 Å². The molecule has 144 heavy (non-hydrogen) atoms. The van der Waals surface area contributed by atoms with E-state index in [-0.39, 0.29) is 193 Å². The van der Waals surface area contributed by atoms with Crippen LogP contribution in [0.15, 0.2) is 72.8 Å². The largest absolute Gasteiger partial charge is 0.481 e. The van der Waals surface area contributed by atoms with Gasteiger partial charge in [0, 0.05) is 145 Å². The van der Waals surface area contributed by atoms with Crippen LogP contribution < -0.4 is 52.5 Å². The van der Waals surface area contributed by atoms with Crippen molar-refractivity contribution in [3.8, 4) is 22.5 Å². The topological polar surface area (TPSA) is 658 Å². The maximum absolute atomic E-state index is 14.3. The predicted molar refractivity (Wildman–Crippen MR) is 523 cm³/mol. The number of aryl methyl sites for hydroxylation is 2. The van der Waals surface area contributed by atoms with E-state index in [9.17, 15) is 106 Å². The first kappa shape index (κ1) is 121. The number of nitrogens with one attached hydrogen (secondary N) is 9. The van der Waals surface area contributed by atoms with Gasteiger partial charge < -0.3 is 111 Å². The summed E-state index contributed by atoms with van der Waals surface area (Å²) in [5.41, 5.74) is 5.23. The summed E-state index contributed by atoms with van der Waals surface area (Å²) in [6.45, 7) is 5.02. The van der Waals surface area contributed by atoms with E-state index in [1.165, 1.54) is 21.3 Å². The summed E-state index contributed by atoms with van der Waals surface area (Å²) in [5.74, 6) is -13.7. The van der Waals surface area contributed by atoms with Gasteiger partial charge in [0.05, 0.1) is 131 Å². The molecule has 49 nitrogen and oxygen atoms in total. The smallest absolute Gasteiger partial charge is 0.403 e. The van der Waals surface area contributed by atoms with Crippen molar-refractivity contribution in [1.29, 1.82) is 0 Å². The molecule has 798 valence electrons. The zero-order valence-corrected chi connectivity index (χ0v) is 84.5. The minimum absolute atomic E-state index is 0.00118. The van der Waals surface area contributed by atoms with E-state index < -0.39 is 141 Å². The Morgan fingerprint density at radius 2 is 0.868 bits per heavy atom. The van der Waals surface area contributed by atoms with E-state index in [0.29, 0.717) is 127 Å². The second kappa shape index (κ2) is 67.8. The molecule has 51 heteroatoms. The summed E-state index contributed by atoms with van der Waals surface area (Å²) >= 11 is 2.21. The number of esters is 3. The molecule has 3 aromatic carbocycles. The van der Waals surface area contributed by atoms with E-state index in [1.807, 2.05) is 92.4 Å². The number of rotatable bonds is 69. The second-order valence-electron chi connectivity index (χ2n) is 33.9. The van der Waals surface area contributed by atoms with Gasteiger partial charge in [-0.05, 0) is 129 Å². The van der Waals surface area contributed by atoms with Gasteiger partial charge >= 0.3 is 55.5 Å². The van der Waals surface area contributed by atoms with Gasteiger partial charge in [-0.2, -0.15) is 0 Å². The SMILES string of the molecule is COC(=O)CN1CCN(CC(=O)NCCCn2nnc3c2-c2ccccc2CN(C(=O)CCC(=O)NCCOCCOCCOCCOCCC(=O)NC(CCC(=O)NCCCCCC(=O)N[C@@H](CCC(=O)N[C@@H](CCCOP(=O)(O)NC(CC(=O)O)C(=O)O)C(=O)O)C(=O)O)C(=O)NC(CCCCNC(=O)CCCc2ccc(I)cc2)C(=O)O)c2ccccc2-3)CCN(CC(=O)OC)CCN(CC(=O)OC)CC1. The highest BCUT2D eigenvalue weighted by molar-refractivity contribution is 14.1. The Labute approximate surface area is 847 Å². The Morgan fingerprint density at radius 1 is 0.417 bits per heavy atom. The number of ether oxygens (including phenoxy) is 7. The number of methoxy groups -OCH3 is 3. The summed E-state index contributed by atoms with van der Waals surface area (Å²) < 4.78 is 57.2. The van der Waals surface area contributed by atoms with E-state index in [1.54, 1.807) is 14.7 Å². The van der Waals surface area contributed by atoms with Gasteiger partial charge in [-0.1, -0.05) is 66.2 Å². The van der Waals surface area contributed by atoms with Crippen LogP contribution in [-0.2, 0) is 143 Å². The molecule has 6 atom stereocenters. The Kier molecular flexibility index (Phi) is 57.0. The van der Waals surface area contributed by atoms with Crippen molar-refractivity contribution in [3.05, 3.63) is 87.5 Å². The number of unbranched alkanes of at least 4 members (excludes halogenated alkanes) is 3. The number of aromatic nitrogens is 3. The Balaban J connectivity index is 0.872. The lowest BCUT2D eigenvalue weighted by atomic mass is 9.95. The molecular formula is C93H137IN17O32P. The van der Waals surface area contributed by atoms with Crippen LogP contribution in [0, 0.1) is 3.57 Å². The molecule has 15 N–H and O–H groups in total. The summed E-state index contributed by atoms with van der Waals surface area (Å²) in [6.07, 6.45) is -0.264. The molecule has 0 aliphatic carbocycles. The van der Waals surface area contributed by atoms with E-state index in [2.05, 4.69) is 75.4 Å². The highest BCUT2D eigenvalue weighted by Crippen LogP contribution is 2.42. The maximum atomic E-state index is 14.3. The predicted octanol–water partition coefficient (Wildman–Crippen LogP) is 0.817. The molecule has 1 saturated heterocycles. The van der Waals surface area contributed by atoms with Gasteiger partial charge in [-0.25, -0.2) is 28.7 Å². The number of aliphatic carboxylic acids is 5. The molecular weight excluding hydrogens is 2020 g/mol. The van der Waals surface area contributed by atoms with Crippen molar-refractivity contribution in [3.63, 3.8) is 0 Å². The van der Waals surface area contributed by atoms with Crippen LogP contribution in [0.1, 0.15) is 140 Å². The van der Waals surface area contributed by atoms with Crippen molar-refractivity contribution < 1.29 is 154 Å². The number of amides is 9. The number of carbonyl (C=O) groups is 17. The van der Waals surface area contributed by atoms with Crippen molar-refractivity contribution >= 4 is 137 Å². The molecule has 0 bridgehead atoms. The van der Waals surface area contributed by atoms with Gasteiger partial charge in [0.2, 0.25) is 53.2 Å². The number of benzene rings is 3. The summed E-state index contributed by atoms with van der Waals surface area (Å²) in [5, 5.41) is 79.4. The van der Waals surface area contributed by atoms with Crippen molar-refractivity contribution in [2.45, 2.75) is 178 Å². The van der Waals surface area contributed by atoms with Crippen molar-refractivity contribution in [2.75, 3.05) is 190 Å². The number of nitrogens with zero attached hydrogens (tertiary/aromatic N) is 8. The number of carbonyl (C=O) groups excluding carboxylic acids is 12. The average molecular weight is 2160 g/mol. The number of para-hydroxylation sites is 1. The lowest BCUT2D eigenvalue weighted by molar-refractivity contribution is -0.145. The molecule has 0 radical (unpaired) electrons. The van der Waals surface area contributed by atoms with Crippen LogP contribution in [0.25, 0.3) is 22.5 Å². The number of carboxylic acids is 5. The second-order valence-corrected chi connectivity index (χ2v) is 36.7. The van der Waals surface area contributed by atoms with Crippen molar-refractivity contribution in [2.24, 2.45) is 0 Å². The third-order valence-electron chi connectivity index (χ3n) is 22.9. The quantitative estimate of drug-likeness (QED) is 0.00956. The monoisotopic (exact) mass is 2160 g/mol. The first-order valence-corrected chi connectivity index (χ1v) is 50.4. The Bertz CT molecular complexity index is 4830. The van der Waals surface area contributed by atoms with E-state index in [4.69, 9.17) is 47.9 Å². The third kappa shape index (κ3) is 48.8. The minimum atomic E-state index is -4.88. The van der Waals surface area contributed by atoms with Crippen LogP contribution in [0.4, 0.5) is 5.69 Å². The summed E-state index contributed by atoms with van der Waals surface area (Å²) in [6, 6.07) is 15.0. The fourth-order valence-electron chi connectivity index (χ4n) is 15.0. The summed E-state index contributed by atoms with van der Waals surface area (Å²) in [7, 11) is -0.940. The fraction of sp³-hybridized carbons (Fsp3) is 0.602. The van der Waals surface area contributed by atoms with Crippen LogP contribution in [0.3, 0.4) is 0 Å². The van der Waals surface area contributed by atoms with Crippen molar-refractivity contribution in [1.82, 2.24) is 82.2 Å². The lowest BCUT2D eigenvalue weighted by Gasteiger charge is -2.33. The average Bonchev–Trinajstić information content (AvgIpc) is 1.57. The molecule has 1 fully saturated rings. The zero-order valence-electron chi connectivity index (χ0n) is 81.5. The van der Waals surface area contributed by atoms with Crippen LogP contribution in [-0.4, -0.2) is 382 Å². The molecule has 9 amide bonds. The molecule has 4 aromatic rings. The van der Waals surface area contributed by atoms with Crippen LogP contribution in [0.2, 0.25) is 0 Å². The number of hydrogen-bond donors (Lipinski definition) is 15. The fourth-order valence-corrected chi connectivity index (χ4v) is 16.4.